The lowest BCUT2D eigenvalue weighted by atomic mass is 10.1. The van der Waals surface area contributed by atoms with E-state index in [0.717, 1.165) is 29.4 Å². The van der Waals surface area contributed by atoms with E-state index in [9.17, 15) is 0 Å². The molecule has 0 bridgehead atoms. The van der Waals surface area contributed by atoms with E-state index in [0.29, 0.717) is 13.2 Å². The summed E-state index contributed by atoms with van der Waals surface area (Å²) in [6, 6.07) is 5.83. The molecule has 4 heteroatoms. The van der Waals surface area contributed by atoms with Crippen LogP contribution in [0, 0.1) is 0 Å². The van der Waals surface area contributed by atoms with E-state index in [1.165, 1.54) is 0 Å². The SMILES string of the molecule is CCOCCN(C)c1cccc(Cl)c1CN. The summed E-state index contributed by atoms with van der Waals surface area (Å²) >= 11 is 6.10. The van der Waals surface area contributed by atoms with Gasteiger partial charge in [-0.15, -0.1) is 0 Å². The van der Waals surface area contributed by atoms with Crippen molar-refractivity contribution in [1.82, 2.24) is 0 Å². The highest BCUT2D eigenvalue weighted by atomic mass is 35.5. The molecule has 1 rings (SSSR count). The average molecular weight is 243 g/mol. The second-order valence-electron chi connectivity index (χ2n) is 3.56. The minimum atomic E-state index is 0.452. The number of halogens is 1. The fourth-order valence-corrected chi connectivity index (χ4v) is 1.82. The standard InChI is InChI=1S/C12H19ClN2O/c1-3-16-8-7-15(2)12-6-4-5-11(13)10(12)9-14/h4-6H,3,7-9,14H2,1-2H3. The molecule has 0 radical (unpaired) electrons. The van der Waals surface area contributed by atoms with Crippen LogP contribution in [-0.4, -0.2) is 26.8 Å². The molecule has 0 atom stereocenters. The van der Waals surface area contributed by atoms with Gasteiger partial charge in [0.25, 0.3) is 0 Å². The van der Waals surface area contributed by atoms with Crippen molar-refractivity contribution in [3.05, 3.63) is 28.8 Å². The quantitative estimate of drug-likeness (QED) is 0.778. The number of nitrogens with two attached hydrogens (primary N) is 1. The molecule has 90 valence electrons. The Morgan fingerprint density at radius 1 is 1.44 bits per heavy atom. The summed E-state index contributed by atoms with van der Waals surface area (Å²) in [6.45, 7) is 4.73. The fourth-order valence-electron chi connectivity index (χ4n) is 1.57. The van der Waals surface area contributed by atoms with Crippen LogP contribution in [-0.2, 0) is 11.3 Å². The molecular weight excluding hydrogens is 224 g/mol. The van der Waals surface area contributed by atoms with E-state index in [1.807, 2.05) is 32.2 Å². The number of rotatable bonds is 6. The van der Waals surface area contributed by atoms with Crippen LogP contribution < -0.4 is 10.6 Å². The van der Waals surface area contributed by atoms with Crippen LogP contribution in [0.5, 0.6) is 0 Å². The number of anilines is 1. The van der Waals surface area contributed by atoms with Gasteiger partial charge in [-0.05, 0) is 19.1 Å². The lowest BCUT2D eigenvalue weighted by molar-refractivity contribution is 0.154. The predicted octanol–water partition coefficient (Wildman–Crippen LogP) is 2.27. The van der Waals surface area contributed by atoms with E-state index in [2.05, 4.69) is 4.90 Å². The molecule has 0 fully saturated rings. The Kier molecular flexibility index (Phi) is 5.60. The highest BCUT2D eigenvalue weighted by Gasteiger charge is 2.08. The second kappa shape index (κ2) is 6.74. The third-order valence-electron chi connectivity index (χ3n) is 2.48. The molecule has 0 aliphatic carbocycles. The maximum Gasteiger partial charge on any atom is 0.0641 e. The van der Waals surface area contributed by atoms with Crippen LogP contribution in [0.25, 0.3) is 0 Å². The Balaban J connectivity index is 2.74. The van der Waals surface area contributed by atoms with E-state index >= 15 is 0 Å². The average Bonchev–Trinajstić information content (AvgIpc) is 2.29. The molecule has 0 amide bonds. The van der Waals surface area contributed by atoms with Gasteiger partial charge in [-0.2, -0.15) is 0 Å². The van der Waals surface area contributed by atoms with E-state index in [1.54, 1.807) is 0 Å². The van der Waals surface area contributed by atoms with Crippen molar-refractivity contribution in [1.29, 1.82) is 0 Å². The zero-order valence-electron chi connectivity index (χ0n) is 9.87. The summed E-state index contributed by atoms with van der Waals surface area (Å²) in [6.07, 6.45) is 0. The van der Waals surface area contributed by atoms with Gasteiger partial charge in [-0.3, -0.25) is 0 Å². The monoisotopic (exact) mass is 242 g/mol. The van der Waals surface area contributed by atoms with Gasteiger partial charge >= 0.3 is 0 Å². The van der Waals surface area contributed by atoms with Crippen molar-refractivity contribution < 1.29 is 4.74 Å². The van der Waals surface area contributed by atoms with Crippen LogP contribution in [0.15, 0.2) is 18.2 Å². The van der Waals surface area contributed by atoms with Crippen molar-refractivity contribution in [3.63, 3.8) is 0 Å². The number of hydrogen-bond donors (Lipinski definition) is 1. The molecule has 0 heterocycles. The largest absolute Gasteiger partial charge is 0.380 e. The molecule has 0 spiro atoms. The number of ether oxygens (including phenoxy) is 1. The second-order valence-corrected chi connectivity index (χ2v) is 3.97. The molecule has 1 aromatic rings. The molecular formula is C12H19ClN2O. The zero-order chi connectivity index (χ0) is 12.0. The minimum Gasteiger partial charge on any atom is -0.380 e. The number of benzene rings is 1. The summed E-state index contributed by atoms with van der Waals surface area (Å²) in [7, 11) is 2.02. The maximum absolute atomic E-state index is 6.10. The topological polar surface area (TPSA) is 38.5 Å². The van der Waals surface area contributed by atoms with Crippen LogP contribution >= 0.6 is 11.6 Å². The Labute approximate surface area is 102 Å². The third-order valence-corrected chi connectivity index (χ3v) is 2.84. The summed E-state index contributed by atoms with van der Waals surface area (Å²) in [5, 5.41) is 0.725. The van der Waals surface area contributed by atoms with Crippen molar-refractivity contribution >= 4 is 17.3 Å². The van der Waals surface area contributed by atoms with Crippen LogP contribution in [0.2, 0.25) is 5.02 Å². The van der Waals surface area contributed by atoms with Crippen LogP contribution in [0.4, 0.5) is 5.69 Å². The molecule has 3 nitrogen and oxygen atoms in total. The first-order valence-electron chi connectivity index (χ1n) is 5.47. The zero-order valence-corrected chi connectivity index (χ0v) is 10.6. The molecule has 0 saturated carbocycles. The highest BCUT2D eigenvalue weighted by molar-refractivity contribution is 6.31. The number of likely N-dealkylation sites (N-methyl/N-ethyl adjacent to an activating group) is 1. The van der Waals surface area contributed by atoms with Gasteiger partial charge in [0.1, 0.15) is 0 Å². The van der Waals surface area contributed by atoms with Crippen molar-refractivity contribution in [3.8, 4) is 0 Å². The van der Waals surface area contributed by atoms with Gasteiger partial charge < -0.3 is 15.4 Å². The molecule has 0 saturated heterocycles. The fraction of sp³-hybridized carbons (Fsp3) is 0.500. The summed E-state index contributed by atoms with van der Waals surface area (Å²) < 4.78 is 5.32. The molecule has 2 N–H and O–H groups in total. The highest BCUT2D eigenvalue weighted by Crippen LogP contribution is 2.26. The van der Waals surface area contributed by atoms with E-state index in [-0.39, 0.29) is 0 Å². The van der Waals surface area contributed by atoms with Gasteiger partial charge in [-0.1, -0.05) is 17.7 Å². The van der Waals surface area contributed by atoms with Crippen molar-refractivity contribution in [2.75, 3.05) is 31.7 Å². The molecule has 0 aliphatic rings. The molecule has 0 aromatic heterocycles. The van der Waals surface area contributed by atoms with Crippen molar-refractivity contribution in [2.24, 2.45) is 5.73 Å². The number of nitrogens with zero attached hydrogens (tertiary/aromatic N) is 1. The van der Waals surface area contributed by atoms with Gasteiger partial charge in [-0.25, -0.2) is 0 Å². The normalized spacial score (nSPS) is 10.5. The van der Waals surface area contributed by atoms with Crippen LogP contribution in [0.3, 0.4) is 0 Å². The molecule has 0 unspecified atom stereocenters. The van der Waals surface area contributed by atoms with Crippen molar-refractivity contribution in [2.45, 2.75) is 13.5 Å². The first-order chi connectivity index (χ1) is 7.70. The van der Waals surface area contributed by atoms with Gasteiger partial charge in [0.15, 0.2) is 0 Å². The van der Waals surface area contributed by atoms with Gasteiger partial charge in [0.2, 0.25) is 0 Å². The third kappa shape index (κ3) is 3.37. The lowest BCUT2D eigenvalue weighted by Gasteiger charge is -2.22. The summed E-state index contributed by atoms with van der Waals surface area (Å²) in [5.41, 5.74) is 7.77. The smallest absolute Gasteiger partial charge is 0.0641 e. The molecule has 16 heavy (non-hydrogen) atoms. The maximum atomic E-state index is 6.10. The van der Waals surface area contributed by atoms with E-state index in [4.69, 9.17) is 22.1 Å². The van der Waals surface area contributed by atoms with E-state index < -0.39 is 0 Å². The van der Waals surface area contributed by atoms with Gasteiger partial charge in [0, 0.05) is 43.0 Å². The summed E-state index contributed by atoms with van der Waals surface area (Å²) in [5.74, 6) is 0. The minimum absolute atomic E-state index is 0.452. The Bertz CT molecular complexity index is 331. The predicted molar refractivity (Wildman–Crippen MR) is 69.1 cm³/mol. The lowest BCUT2D eigenvalue weighted by Crippen LogP contribution is -2.24. The first-order valence-corrected chi connectivity index (χ1v) is 5.84. The summed E-state index contributed by atoms with van der Waals surface area (Å²) in [4.78, 5) is 2.11. The Hall–Kier alpha value is -0.770. The molecule has 1 aromatic carbocycles. The van der Waals surface area contributed by atoms with Gasteiger partial charge in [0.05, 0.1) is 6.61 Å². The first kappa shape index (κ1) is 13.3. The number of hydrogen-bond acceptors (Lipinski definition) is 3. The Morgan fingerprint density at radius 3 is 2.81 bits per heavy atom. The van der Waals surface area contributed by atoms with Crippen LogP contribution in [0.1, 0.15) is 12.5 Å². The molecule has 0 aliphatic heterocycles. The Morgan fingerprint density at radius 2 is 2.19 bits per heavy atom.